The molecular weight excluding hydrogens is 316 g/mol. The maximum absolute atomic E-state index is 12.7. The molecule has 7 nitrogen and oxygen atoms in total. The van der Waals surface area contributed by atoms with E-state index in [0.717, 1.165) is 37.7 Å². The molecule has 1 aliphatic carbocycles. The Balaban J connectivity index is 1.45. The van der Waals surface area contributed by atoms with Crippen molar-refractivity contribution in [2.24, 2.45) is 0 Å². The van der Waals surface area contributed by atoms with Crippen LogP contribution in [-0.4, -0.2) is 43.1 Å². The van der Waals surface area contributed by atoms with Crippen LogP contribution in [-0.2, 0) is 19.6 Å². The zero-order valence-corrected chi connectivity index (χ0v) is 14.4. The van der Waals surface area contributed by atoms with Gasteiger partial charge in [0, 0.05) is 31.5 Å². The highest BCUT2D eigenvalue weighted by Gasteiger charge is 2.24. The summed E-state index contributed by atoms with van der Waals surface area (Å²) in [6, 6.07) is 4.21. The van der Waals surface area contributed by atoms with Crippen LogP contribution in [0.2, 0.25) is 0 Å². The predicted molar refractivity (Wildman–Crippen MR) is 92.7 cm³/mol. The van der Waals surface area contributed by atoms with Gasteiger partial charge in [-0.3, -0.25) is 9.78 Å². The van der Waals surface area contributed by atoms with Crippen LogP contribution in [0, 0.1) is 0 Å². The fourth-order valence-corrected chi connectivity index (χ4v) is 3.76. The van der Waals surface area contributed by atoms with Gasteiger partial charge in [0.15, 0.2) is 5.82 Å². The molecule has 0 bridgehead atoms. The number of fused-ring (bicyclic) bond motifs is 1. The summed E-state index contributed by atoms with van der Waals surface area (Å²) in [5.74, 6) is 1.87. The number of hydrogen-bond acceptors (Lipinski definition) is 5. The Morgan fingerprint density at radius 1 is 1.20 bits per heavy atom. The van der Waals surface area contributed by atoms with Gasteiger partial charge < -0.3 is 14.8 Å². The molecule has 0 unspecified atom stereocenters. The summed E-state index contributed by atoms with van der Waals surface area (Å²) < 4.78 is 2.18. The number of hydrogen-bond donors (Lipinski definition) is 1. The van der Waals surface area contributed by atoms with Gasteiger partial charge in [0.2, 0.25) is 0 Å². The third-order valence-electron chi connectivity index (χ3n) is 5.15. The van der Waals surface area contributed by atoms with Crippen molar-refractivity contribution in [3.05, 3.63) is 41.7 Å². The molecule has 1 saturated carbocycles. The minimum Gasteiger partial charge on any atom is -0.331 e. The van der Waals surface area contributed by atoms with Gasteiger partial charge in [-0.1, -0.05) is 12.8 Å². The lowest BCUT2D eigenvalue weighted by atomic mass is 10.2. The SMILES string of the molecule is O=C(c1cccnc1)N1CCCn2c(CNC3CCCC3)nnc2C1. The standard InChI is InChI=1S/C18H24N6O/c25-18(14-5-3-8-19-11-14)23-9-4-10-24-16(21-22-17(24)13-23)12-20-15-6-1-2-7-15/h3,5,8,11,15,20H,1-2,4,6-7,9-10,12-13H2. The minimum absolute atomic E-state index is 0.00943. The second-order valence-corrected chi connectivity index (χ2v) is 6.87. The second-order valence-electron chi connectivity index (χ2n) is 6.87. The van der Waals surface area contributed by atoms with E-state index in [0.29, 0.717) is 18.2 Å². The number of amides is 1. The van der Waals surface area contributed by atoms with Gasteiger partial charge in [-0.05, 0) is 31.4 Å². The third kappa shape index (κ3) is 3.56. The van der Waals surface area contributed by atoms with E-state index in [4.69, 9.17) is 0 Å². The molecule has 2 aromatic heterocycles. The van der Waals surface area contributed by atoms with E-state index in [-0.39, 0.29) is 5.91 Å². The fourth-order valence-electron chi connectivity index (χ4n) is 3.76. The highest BCUT2D eigenvalue weighted by Crippen LogP contribution is 2.19. The smallest absolute Gasteiger partial charge is 0.255 e. The van der Waals surface area contributed by atoms with E-state index >= 15 is 0 Å². The van der Waals surface area contributed by atoms with E-state index in [2.05, 4.69) is 25.1 Å². The quantitative estimate of drug-likeness (QED) is 0.918. The summed E-state index contributed by atoms with van der Waals surface area (Å²) >= 11 is 0. The Bertz CT molecular complexity index is 722. The van der Waals surface area contributed by atoms with Crippen molar-refractivity contribution in [3.63, 3.8) is 0 Å². The van der Waals surface area contributed by atoms with Crippen LogP contribution in [0.15, 0.2) is 24.5 Å². The molecule has 1 N–H and O–H groups in total. The molecule has 4 rings (SSSR count). The molecule has 0 aromatic carbocycles. The lowest BCUT2D eigenvalue weighted by molar-refractivity contribution is 0.0743. The van der Waals surface area contributed by atoms with Crippen molar-refractivity contribution >= 4 is 5.91 Å². The Hall–Kier alpha value is -2.28. The maximum atomic E-state index is 12.7. The first-order valence-electron chi connectivity index (χ1n) is 9.15. The number of rotatable bonds is 4. The average molecular weight is 340 g/mol. The molecule has 1 aliphatic heterocycles. The van der Waals surface area contributed by atoms with Crippen molar-refractivity contribution < 1.29 is 4.79 Å². The summed E-state index contributed by atoms with van der Waals surface area (Å²) in [5, 5.41) is 12.3. The normalized spacial score (nSPS) is 18.2. The molecule has 0 radical (unpaired) electrons. The summed E-state index contributed by atoms with van der Waals surface area (Å²) in [6.07, 6.45) is 9.37. The zero-order chi connectivity index (χ0) is 17.1. The topological polar surface area (TPSA) is 75.9 Å². The Morgan fingerprint density at radius 3 is 2.88 bits per heavy atom. The van der Waals surface area contributed by atoms with Crippen LogP contribution in [0.5, 0.6) is 0 Å². The van der Waals surface area contributed by atoms with Crippen LogP contribution in [0.4, 0.5) is 0 Å². The van der Waals surface area contributed by atoms with Gasteiger partial charge in [-0.15, -0.1) is 10.2 Å². The zero-order valence-electron chi connectivity index (χ0n) is 14.4. The van der Waals surface area contributed by atoms with Crippen LogP contribution >= 0.6 is 0 Å². The van der Waals surface area contributed by atoms with Gasteiger partial charge >= 0.3 is 0 Å². The van der Waals surface area contributed by atoms with Crippen molar-refractivity contribution in [1.29, 1.82) is 0 Å². The number of nitrogens with zero attached hydrogens (tertiary/aromatic N) is 5. The molecule has 0 saturated heterocycles. The summed E-state index contributed by atoms with van der Waals surface area (Å²) in [4.78, 5) is 18.6. The second kappa shape index (κ2) is 7.31. The van der Waals surface area contributed by atoms with Gasteiger partial charge in [-0.2, -0.15) is 0 Å². The first-order chi connectivity index (χ1) is 12.3. The van der Waals surface area contributed by atoms with Crippen LogP contribution in [0.3, 0.4) is 0 Å². The number of nitrogens with one attached hydrogen (secondary N) is 1. The van der Waals surface area contributed by atoms with E-state index in [9.17, 15) is 4.79 Å². The molecule has 132 valence electrons. The molecule has 3 heterocycles. The summed E-state index contributed by atoms with van der Waals surface area (Å²) in [6.45, 7) is 2.85. The van der Waals surface area contributed by atoms with Gasteiger partial charge in [0.05, 0.1) is 18.7 Å². The molecule has 2 aromatic rings. The van der Waals surface area contributed by atoms with Crippen LogP contribution in [0.25, 0.3) is 0 Å². The molecule has 1 amide bonds. The average Bonchev–Trinajstić information content (AvgIpc) is 3.25. The van der Waals surface area contributed by atoms with Crippen LogP contribution < -0.4 is 5.32 Å². The van der Waals surface area contributed by atoms with E-state index in [1.54, 1.807) is 18.5 Å². The molecule has 0 atom stereocenters. The van der Waals surface area contributed by atoms with Crippen molar-refractivity contribution in [3.8, 4) is 0 Å². The molecule has 1 fully saturated rings. The summed E-state index contributed by atoms with van der Waals surface area (Å²) in [5.41, 5.74) is 0.624. The number of carbonyl (C=O) groups excluding carboxylic acids is 1. The van der Waals surface area contributed by atoms with E-state index in [1.807, 2.05) is 11.0 Å². The highest BCUT2D eigenvalue weighted by atomic mass is 16.2. The third-order valence-corrected chi connectivity index (χ3v) is 5.15. The van der Waals surface area contributed by atoms with Crippen molar-refractivity contribution in [1.82, 2.24) is 30.0 Å². The van der Waals surface area contributed by atoms with Gasteiger partial charge in [0.25, 0.3) is 5.91 Å². The molecule has 25 heavy (non-hydrogen) atoms. The number of pyridine rings is 1. The van der Waals surface area contributed by atoms with Gasteiger partial charge in [0.1, 0.15) is 5.82 Å². The van der Waals surface area contributed by atoms with Crippen molar-refractivity contribution in [2.75, 3.05) is 6.54 Å². The van der Waals surface area contributed by atoms with Crippen LogP contribution in [0.1, 0.15) is 54.1 Å². The monoisotopic (exact) mass is 340 g/mol. The maximum Gasteiger partial charge on any atom is 0.255 e. The lowest BCUT2D eigenvalue weighted by Gasteiger charge is -2.19. The Labute approximate surface area is 147 Å². The molecular formula is C18H24N6O. The fraction of sp³-hybridized carbons (Fsp3) is 0.556. The van der Waals surface area contributed by atoms with E-state index < -0.39 is 0 Å². The van der Waals surface area contributed by atoms with E-state index in [1.165, 1.54) is 25.7 Å². The van der Waals surface area contributed by atoms with Crippen molar-refractivity contribution in [2.45, 2.75) is 57.8 Å². The molecule has 2 aliphatic rings. The predicted octanol–water partition coefficient (Wildman–Crippen LogP) is 1.75. The largest absolute Gasteiger partial charge is 0.331 e. The minimum atomic E-state index is 0.00943. The number of aromatic nitrogens is 4. The molecule has 0 spiro atoms. The Kier molecular flexibility index (Phi) is 4.74. The Morgan fingerprint density at radius 2 is 2.08 bits per heavy atom. The first kappa shape index (κ1) is 16.2. The summed E-state index contributed by atoms with van der Waals surface area (Å²) in [7, 11) is 0. The lowest BCUT2D eigenvalue weighted by Crippen LogP contribution is -2.31. The number of carbonyl (C=O) groups is 1. The van der Waals surface area contributed by atoms with Gasteiger partial charge in [-0.25, -0.2) is 0 Å². The first-order valence-corrected chi connectivity index (χ1v) is 9.15. The molecule has 7 heteroatoms. The highest BCUT2D eigenvalue weighted by molar-refractivity contribution is 5.93.